The van der Waals surface area contributed by atoms with Gasteiger partial charge in [-0.05, 0) is 43.4 Å². The topological polar surface area (TPSA) is 41.1 Å². The minimum atomic E-state index is 0.545. The summed E-state index contributed by atoms with van der Waals surface area (Å²) in [5.74, 6) is 2.28. The van der Waals surface area contributed by atoms with Gasteiger partial charge in [0.1, 0.15) is 5.82 Å². The van der Waals surface area contributed by atoms with E-state index < -0.39 is 0 Å². The third kappa shape index (κ3) is 4.25. The Morgan fingerprint density at radius 3 is 2.25 bits per heavy atom. The molecule has 0 atom stereocenters. The van der Waals surface area contributed by atoms with Gasteiger partial charge in [-0.1, -0.05) is 38.8 Å². The fraction of sp³-hybridized carbons (Fsp3) is 0.500. The lowest BCUT2D eigenvalue weighted by atomic mass is 10.0. The highest BCUT2D eigenvalue weighted by molar-refractivity contribution is 5.56. The number of nitrogens with zero attached hydrogens (tertiary/aromatic N) is 3. The molecule has 0 amide bonds. The molecule has 0 saturated carbocycles. The molecule has 0 radical (unpaired) electrons. The molecule has 1 fully saturated rings. The van der Waals surface area contributed by atoms with Gasteiger partial charge in [-0.3, -0.25) is 0 Å². The monoisotopic (exact) mass is 324 g/mol. The van der Waals surface area contributed by atoms with Gasteiger partial charge in [-0.2, -0.15) is 4.98 Å². The number of anilines is 3. The minimum Gasteiger partial charge on any atom is -0.356 e. The van der Waals surface area contributed by atoms with E-state index in [0.717, 1.165) is 30.3 Å². The number of nitrogens with one attached hydrogen (secondary N) is 1. The molecule has 0 bridgehead atoms. The van der Waals surface area contributed by atoms with Crippen LogP contribution in [0, 0.1) is 6.92 Å². The number of benzene rings is 1. The Kier molecular flexibility index (Phi) is 5.34. The van der Waals surface area contributed by atoms with Crippen molar-refractivity contribution in [2.75, 3.05) is 23.3 Å². The lowest BCUT2D eigenvalue weighted by Crippen LogP contribution is -2.25. The Labute approximate surface area is 145 Å². The summed E-state index contributed by atoms with van der Waals surface area (Å²) in [6.07, 6.45) is 5.16. The SMILES string of the molecule is Cc1cc(N2CCCCCC2)nc(Nc2ccc(C(C)C)cc2)n1. The maximum atomic E-state index is 4.76. The van der Waals surface area contributed by atoms with E-state index in [0.29, 0.717) is 11.9 Å². The molecule has 1 aromatic carbocycles. The number of rotatable bonds is 4. The molecule has 3 rings (SSSR count). The average Bonchev–Trinajstić information content (AvgIpc) is 2.84. The molecule has 4 heteroatoms. The van der Waals surface area contributed by atoms with Gasteiger partial charge in [0.05, 0.1) is 0 Å². The first-order chi connectivity index (χ1) is 11.6. The minimum absolute atomic E-state index is 0.545. The third-order valence-corrected chi connectivity index (χ3v) is 4.60. The highest BCUT2D eigenvalue weighted by Crippen LogP contribution is 2.22. The van der Waals surface area contributed by atoms with Gasteiger partial charge in [0.15, 0.2) is 0 Å². The van der Waals surface area contributed by atoms with Crippen molar-refractivity contribution in [3.63, 3.8) is 0 Å². The molecule has 1 saturated heterocycles. The Morgan fingerprint density at radius 1 is 0.958 bits per heavy atom. The first kappa shape index (κ1) is 16.7. The lowest BCUT2D eigenvalue weighted by molar-refractivity contribution is 0.726. The zero-order chi connectivity index (χ0) is 16.9. The van der Waals surface area contributed by atoms with Crippen molar-refractivity contribution in [2.45, 2.75) is 52.4 Å². The summed E-state index contributed by atoms with van der Waals surface area (Å²) in [5, 5.41) is 3.36. The fourth-order valence-electron chi connectivity index (χ4n) is 3.15. The van der Waals surface area contributed by atoms with Gasteiger partial charge in [-0.25, -0.2) is 4.98 Å². The molecule has 2 aromatic rings. The van der Waals surface area contributed by atoms with E-state index in [-0.39, 0.29) is 0 Å². The highest BCUT2D eigenvalue weighted by Gasteiger charge is 2.13. The van der Waals surface area contributed by atoms with Gasteiger partial charge in [-0.15, -0.1) is 0 Å². The van der Waals surface area contributed by atoms with Gasteiger partial charge in [0, 0.05) is 30.5 Å². The summed E-state index contributed by atoms with van der Waals surface area (Å²) in [6.45, 7) is 8.65. The summed E-state index contributed by atoms with van der Waals surface area (Å²) in [6, 6.07) is 10.6. The second-order valence-electron chi connectivity index (χ2n) is 6.99. The molecule has 0 spiro atoms. The molecule has 0 aliphatic carbocycles. The van der Waals surface area contributed by atoms with E-state index in [1.165, 1.54) is 31.2 Å². The van der Waals surface area contributed by atoms with Crippen molar-refractivity contribution < 1.29 is 0 Å². The van der Waals surface area contributed by atoms with Crippen LogP contribution < -0.4 is 10.2 Å². The van der Waals surface area contributed by atoms with E-state index in [1.807, 2.05) is 6.92 Å². The fourth-order valence-corrected chi connectivity index (χ4v) is 3.15. The van der Waals surface area contributed by atoms with E-state index in [4.69, 9.17) is 4.98 Å². The smallest absolute Gasteiger partial charge is 0.229 e. The molecular weight excluding hydrogens is 296 g/mol. The van der Waals surface area contributed by atoms with Crippen LogP contribution in [0.25, 0.3) is 0 Å². The molecule has 4 nitrogen and oxygen atoms in total. The summed E-state index contributed by atoms with van der Waals surface area (Å²) >= 11 is 0. The van der Waals surface area contributed by atoms with E-state index in [9.17, 15) is 0 Å². The van der Waals surface area contributed by atoms with Crippen LogP contribution in [-0.4, -0.2) is 23.1 Å². The number of aromatic nitrogens is 2. The van der Waals surface area contributed by atoms with Crippen LogP contribution in [0.15, 0.2) is 30.3 Å². The maximum Gasteiger partial charge on any atom is 0.229 e. The molecule has 24 heavy (non-hydrogen) atoms. The zero-order valence-electron chi connectivity index (χ0n) is 15.0. The van der Waals surface area contributed by atoms with Crippen LogP contribution in [0.2, 0.25) is 0 Å². The van der Waals surface area contributed by atoms with E-state index >= 15 is 0 Å². The average molecular weight is 324 g/mol. The van der Waals surface area contributed by atoms with E-state index in [2.05, 4.69) is 59.4 Å². The molecule has 128 valence electrons. The van der Waals surface area contributed by atoms with Crippen LogP contribution in [0.1, 0.15) is 56.7 Å². The first-order valence-electron chi connectivity index (χ1n) is 9.09. The Bertz CT molecular complexity index is 656. The maximum absolute atomic E-state index is 4.76. The van der Waals surface area contributed by atoms with Crippen molar-refractivity contribution in [1.29, 1.82) is 0 Å². The molecular formula is C20H28N4. The Hall–Kier alpha value is -2.10. The molecule has 0 unspecified atom stereocenters. The predicted octanol–water partition coefficient (Wildman–Crippen LogP) is 5.03. The van der Waals surface area contributed by atoms with Crippen molar-refractivity contribution in [1.82, 2.24) is 9.97 Å². The van der Waals surface area contributed by atoms with Crippen LogP contribution in [0.3, 0.4) is 0 Å². The molecule has 2 heterocycles. The predicted molar refractivity (Wildman–Crippen MR) is 101 cm³/mol. The van der Waals surface area contributed by atoms with Gasteiger partial charge < -0.3 is 10.2 Å². The van der Waals surface area contributed by atoms with Crippen molar-refractivity contribution in [3.05, 3.63) is 41.6 Å². The van der Waals surface area contributed by atoms with E-state index in [1.54, 1.807) is 0 Å². The summed E-state index contributed by atoms with van der Waals surface area (Å²) in [4.78, 5) is 11.7. The lowest BCUT2D eigenvalue weighted by Gasteiger charge is -2.22. The first-order valence-corrected chi connectivity index (χ1v) is 9.09. The number of hydrogen-bond donors (Lipinski definition) is 1. The zero-order valence-corrected chi connectivity index (χ0v) is 15.0. The summed E-state index contributed by atoms with van der Waals surface area (Å²) in [5.41, 5.74) is 3.38. The van der Waals surface area contributed by atoms with Crippen molar-refractivity contribution >= 4 is 17.5 Å². The largest absolute Gasteiger partial charge is 0.356 e. The molecule has 1 N–H and O–H groups in total. The highest BCUT2D eigenvalue weighted by atomic mass is 15.2. The normalized spacial score (nSPS) is 15.4. The second-order valence-corrected chi connectivity index (χ2v) is 6.99. The van der Waals surface area contributed by atoms with Crippen LogP contribution in [-0.2, 0) is 0 Å². The van der Waals surface area contributed by atoms with Crippen LogP contribution in [0.5, 0.6) is 0 Å². The third-order valence-electron chi connectivity index (χ3n) is 4.60. The van der Waals surface area contributed by atoms with Gasteiger partial charge >= 0.3 is 0 Å². The number of hydrogen-bond acceptors (Lipinski definition) is 4. The van der Waals surface area contributed by atoms with Crippen LogP contribution >= 0.6 is 0 Å². The standard InChI is InChI=1S/C20H28N4/c1-15(2)17-8-10-18(11-9-17)22-20-21-16(3)14-19(23-20)24-12-6-4-5-7-13-24/h8-11,14-15H,4-7,12-13H2,1-3H3,(H,21,22,23). The van der Waals surface area contributed by atoms with Gasteiger partial charge in [0.25, 0.3) is 0 Å². The molecule has 1 aliphatic heterocycles. The van der Waals surface area contributed by atoms with Crippen LogP contribution in [0.4, 0.5) is 17.5 Å². The van der Waals surface area contributed by atoms with Crippen molar-refractivity contribution in [2.24, 2.45) is 0 Å². The quantitative estimate of drug-likeness (QED) is 0.856. The molecule has 1 aromatic heterocycles. The Balaban J connectivity index is 1.77. The Morgan fingerprint density at radius 2 is 1.62 bits per heavy atom. The summed E-state index contributed by atoms with van der Waals surface area (Å²) in [7, 11) is 0. The summed E-state index contributed by atoms with van der Waals surface area (Å²) < 4.78 is 0. The number of aryl methyl sites for hydroxylation is 1. The second kappa shape index (κ2) is 7.65. The van der Waals surface area contributed by atoms with Crippen molar-refractivity contribution in [3.8, 4) is 0 Å². The molecule has 1 aliphatic rings. The van der Waals surface area contributed by atoms with Gasteiger partial charge in [0.2, 0.25) is 5.95 Å².